The zero-order valence-electron chi connectivity index (χ0n) is 12.0. The third kappa shape index (κ3) is 3.24. The Kier molecular flexibility index (Phi) is 3.64. The number of rotatable bonds is 4. The van der Waals surface area contributed by atoms with E-state index in [1.165, 1.54) is 11.1 Å². The number of anilines is 1. The van der Waals surface area contributed by atoms with Crippen LogP contribution in [0.2, 0.25) is 0 Å². The third-order valence-corrected chi connectivity index (χ3v) is 3.41. The van der Waals surface area contributed by atoms with Gasteiger partial charge in [0, 0.05) is 31.9 Å². The second-order valence-electron chi connectivity index (χ2n) is 6.58. The van der Waals surface area contributed by atoms with E-state index in [4.69, 9.17) is 5.73 Å². The van der Waals surface area contributed by atoms with Crippen LogP contribution in [-0.4, -0.2) is 37.0 Å². The molecular weight excluding hydrogens is 222 g/mol. The van der Waals surface area contributed by atoms with Crippen molar-refractivity contribution in [1.29, 1.82) is 0 Å². The first-order valence-corrected chi connectivity index (χ1v) is 6.60. The van der Waals surface area contributed by atoms with Gasteiger partial charge in [-0.05, 0) is 42.8 Å². The summed E-state index contributed by atoms with van der Waals surface area (Å²) in [7, 11) is 4.28. The van der Waals surface area contributed by atoms with Crippen molar-refractivity contribution in [2.24, 2.45) is 5.41 Å². The summed E-state index contributed by atoms with van der Waals surface area (Å²) in [4.78, 5) is 4.79. The molecule has 1 aromatic carbocycles. The van der Waals surface area contributed by atoms with Gasteiger partial charge in [-0.15, -0.1) is 0 Å². The van der Waals surface area contributed by atoms with Crippen molar-refractivity contribution in [3.8, 4) is 0 Å². The van der Waals surface area contributed by atoms with Gasteiger partial charge in [0.25, 0.3) is 0 Å². The summed E-state index contributed by atoms with van der Waals surface area (Å²) in [5.41, 5.74) is 9.87. The molecule has 0 unspecified atom stereocenters. The summed E-state index contributed by atoms with van der Waals surface area (Å²) in [6, 6.07) is 6.30. The van der Waals surface area contributed by atoms with Crippen molar-refractivity contribution in [1.82, 2.24) is 9.80 Å². The summed E-state index contributed by atoms with van der Waals surface area (Å²) in [6.45, 7) is 9.01. The Hall–Kier alpha value is -1.06. The van der Waals surface area contributed by atoms with Gasteiger partial charge in [0.05, 0.1) is 0 Å². The molecular formula is C15H25N3. The lowest BCUT2D eigenvalue weighted by Crippen LogP contribution is -2.38. The Morgan fingerprint density at radius 2 is 1.89 bits per heavy atom. The number of nitrogens with zero attached hydrogens (tertiary/aromatic N) is 2. The highest BCUT2D eigenvalue weighted by Crippen LogP contribution is 2.28. The normalized spacial score (nSPS) is 16.3. The third-order valence-electron chi connectivity index (χ3n) is 3.41. The summed E-state index contributed by atoms with van der Waals surface area (Å²) < 4.78 is 0. The molecule has 3 heteroatoms. The van der Waals surface area contributed by atoms with Crippen LogP contribution >= 0.6 is 0 Å². The smallest absolute Gasteiger partial charge is 0.0317 e. The van der Waals surface area contributed by atoms with Crippen LogP contribution in [0.15, 0.2) is 18.2 Å². The predicted octanol–water partition coefficient (Wildman–Crippen LogP) is 2.17. The van der Waals surface area contributed by atoms with Gasteiger partial charge in [-0.25, -0.2) is 0 Å². The Labute approximate surface area is 111 Å². The van der Waals surface area contributed by atoms with Crippen LogP contribution in [0.3, 0.4) is 0 Å². The van der Waals surface area contributed by atoms with Crippen molar-refractivity contribution in [2.75, 3.05) is 32.9 Å². The average Bonchev–Trinajstić information content (AvgIpc) is 2.55. The first-order chi connectivity index (χ1) is 8.35. The molecule has 0 spiro atoms. The molecule has 100 valence electrons. The second-order valence-corrected chi connectivity index (χ2v) is 6.58. The molecule has 0 radical (unpaired) electrons. The lowest BCUT2D eigenvalue weighted by atomic mass is 9.92. The Bertz CT molecular complexity index is 424. The van der Waals surface area contributed by atoms with Crippen molar-refractivity contribution in [2.45, 2.75) is 26.9 Å². The molecule has 1 aromatic rings. The van der Waals surface area contributed by atoms with E-state index in [9.17, 15) is 0 Å². The summed E-state index contributed by atoms with van der Waals surface area (Å²) in [5.74, 6) is 0. The van der Waals surface area contributed by atoms with Crippen molar-refractivity contribution in [3.63, 3.8) is 0 Å². The molecule has 1 aliphatic rings. The van der Waals surface area contributed by atoms with Crippen LogP contribution in [-0.2, 0) is 13.1 Å². The molecule has 0 aliphatic carbocycles. The quantitative estimate of drug-likeness (QED) is 0.828. The zero-order valence-corrected chi connectivity index (χ0v) is 12.0. The molecule has 0 atom stereocenters. The first-order valence-electron chi connectivity index (χ1n) is 6.60. The van der Waals surface area contributed by atoms with Gasteiger partial charge in [0.2, 0.25) is 0 Å². The topological polar surface area (TPSA) is 32.5 Å². The highest BCUT2D eigenvalue weighted by atomic mass is 15.2. The SMILES string of the molecule is CN(C)CC(C)(C)CN1Cc2ccc(N)cc2C1. The lowest BCUT2D eigenvalue weighted by molar-refractivity contribution is 0.144. The van der Waals surface area contributed by atoms with Gasteiger partial charge in [0.15, 0.2) is 0 Å². The lowest BCUT2D eigenvalue weighted by Gasteiger charge is -2.32. The number of nitrogen functional groups attached to an aromatic ring is 1. The van der Waals surface area contributed by atoms with E-state index in [-0.39, 0.29) is 0 Å². The van der Waals surface area contributed by atoms with Crippen LogP contribution in [0.25, 0.3) is 0 Å². The van der Waals surface area contributed by atoms with E-state index in [1.807, 2.05) is 6.07 Å². The van der Waals surface area contributed by atoms with Crippen LogP contribution < -0.4 is 5.73 Å². The Morgan fingerprint density at radius 3 is 2.56 bits per heavy atom. The molecule has 0 saturated carbocycles. The van der Waals surface area contributed by atoms with Crippen LogP contribution in [0, 0.1) is 5.41 Å². The van der Waals surface area contributed by atoms with E-state index in [0.717, 1.165) is 31.9 Å². The number of nitrogens with two attached hydrogens (primary N) is 1. The number of fused-ring (bicyclic) bond motifs is 1. The zero-order chi connectivity index (χ0) is 13.3. The molecule has 0 bridgehead atoms. The molecule has 0 amide bonds. The molecule has 1 aliphatic heterocycles. The van der Waals surface area contributed by atoms with Gasteiger partial charge >= 0.3 is 0 Å². The minimum Gasteiger partial charge on any atom is -0.399 e. The highest BCUT2D eigenvalue weighted by Gasteiger charge is 2.26. The molecule has 1 heterocycles. The van der Waals surface area contributed by atoms with Gasteiger partial charge < -0.3 is 10.6 Å². The molecule has 0 aromatic heterocycles. The predicted molar refractivity (Wildman–Crippen MR) is 77.3 cm³/mol. The van der Waals surface area contributed by atoms with Gasteiger partial charge in [-0.2, -0.15) is 0 Å². The van der Waals surface area contributed by atoms with E-state index in [2.05, 4.69) is 49.9 Å². The first kappa shape index (κ1) is 13.4. The van der Waals surface area contributed by atoms with Gasteiger partial charge in [-0.3, -0.25) is 4.90 Å². The summed E-state index contributed by atoms with van der Waals surface area (Å²) in [6.07, 6.45) is 0. The van der Waals surface area contributed by atoms with Gasteiger partial charge in [-0.1, -0.05) is 19.9 Å². The fourth-order valence-corrected chi connectivity index (χ4v) is 3.11. The maximum absolute atomic E-state index is 5.84. The van der Waals surface area contributed by atoms with Crippen molar-refractivity contribution in [3.05, 3.63) is 29.3 Å². The fraction of sp³-hybridized carbons (Fsp3) is 0.600. The number of benzene rings is 1. The summed E-state index contributed by atoms with van der Waals surface area (Å²) in [5, 5.41) is 0. The monoisotopic (exact) mass is 247 g/mol. The molecule has 18 heavy (non-hydrogen) atoms. The number of hydrogen-bond acceptors (Lipinski definition) is 3. The fourth-order valence-electron chi connectivity index (χ4n) is 3.11. The highest BCUT2D eigenvalue weighted by molar-refractivity contribution is 5.46. The summed E-state index contributed by atoms with van der Waals surface area (Å²) >= 11 is 0. The largest absolute Gasteiger partial charge is 0.399 e. The van der Waals surface area contributed by atoms with E-state index in [1.54, 1.807) is 0 Å². The minimum atomic E-state index is 0.317. The van der Waals surface area contributed by atoms with E-state index < -0.39 is 0 Å². The Morgan fingerprint density at radius 1 is 1.22 bits per heavy atom. The molecule has 0 saturated heterocycles. The molecule has 2 rings (SSSR count). The Balaban J connectivity index is 1.99. The van der Waals surface area contributed by atoms with Crippen LogP contribution in [0.5, 0.6) is 0 Å². The van der Waals surface area contributed by atoms with Crippen molar-refractivity contribution < 1.29 is 0 Å². The maximum Gasteiger partial charge on any atom is 0.0317 e. The van der Waals surface area contributed by atoms with Crippen LogP contribution in [0.4, 0.5) is 5.69 Å². The molecule has 2 N–H and O–H groups in total. The molecule has 3 nitrogen and oxygen atoms in total. The molecule has 0 fully saturated rings. The number of hydrogen-bond donors (Lipinski definition) is 1. The van der Waals surface area contributed by atoms with E-state index in [0.29, 0.717) is 5.41 Å². The minimum absolute atomic E-state index is 0.317. The van der Waals surface area contributed by atoms with Crippen molar-refractivity contribution >= 4 is 5.69 Å². The second kappa shape index (κ2) is 4.90. The van der Waals surface area contributed by atoms with Crippen LogP contribution in [0.1, 0.15) is 25.0 Å². The maximum atomic E-state index is 5.84. The average molecular weight is 247 g/mol. The standard InChI is InChI=1S/C15H25N3/c1-15(2,10-17(3)4)11-18-8-12-5-6-14(16)7-13(12)9-18/h5-7H,8-11,16H2,1-4H3. The van der Waals surface area contributed by atoms with Gasteiger partial charge in [0.1, 0.15) is 0 Å². The van der Waals surface area contributed by atoms with E-state index >= 15 is 0 Å².